The van der Waals surface area contributed by atoms with Crippen LogP contribution in [0.2, 0.25) is 0 Å². The Hall–Kier alpha value is -2.81. The Bertz CT molecular complexity index is 886. The Kier molecular flexibility index (Phi) is 5.57. The van der Waals surface area contributed by atoms with Gasteiger partial charge < -0.3 is 9.47 Å². The molecule has 0 saturated carbocycles. The Labute approximate surface area is 154 Å². The van der Waals surface area contributed by atoms with Gasteiger partial charge in [-0.25, -0.2) is 4.79 Å². The molecule has 3 nitrogen and oxygen atoms in total. The van der Waals surface area contributed by atoms with Crippen molar-refractivity contribution in [1.29, 1.82) is 0 Å². The minimum Gasteiger partial charge on any atom is -0.490 e. The largest absolute Gasteiger partial charge is 0.490 e. The van der Waals surface area contributed by atoms with E-state index in [9.17, 15) is 4.79 Å². The van der Waals surface area contributed by atoms with Gasteiger partial charge in [0, 0.05) is 11.8 Å². The molecule has 0 radical (unpaired) electrons. The zero-order valence-electron chi connectivity index (χ0n) is 15.4. The molecule has 0 heterocycles. The molecule has 0 aromatic heterocycles. The monoisotopic (exact) mass is 348 g/mol. The second-order valence-corrected chi connectivity index (χ2v) is 6.67. The number of benzene rings is 3. The topological polar surface area (TPSA) is 35.5 Å². The van der Waals surface area contributed by atoms with Crippen molar-refractivity contribution >= 4 is 16.7 Å². The molecular weight excluding hydrogens is 324 g/mol. The first-order chi connectivity index (χ1) is 12.5. The van der Waals surface area contributed by atoms with E-state index in [1.807, 2.05) is 50.2 Å². The van der Waals surface area contributed by atoms with Crippen LogP contribution in [0.25, 0.3) is 10.8 Å². The number of hydrogen-bond acceptors (Lipinski definition) is 3. The number of ether oxygens (including phenoxy) is 2. The SMILES string of the molecule is Cc1ccc(O[C@@H](C)C[C@@H](C)OC(=O)c2ccccc2)c2ccccc12. The molecule has 0 bridgehead atoms. The van der Waals surface area contributed by atoms with Gasteiger partial charge in [-0.1, -0.05) is 48.5 Å². The van der Waals surface area contributed by atoms with Gasteiger partial charge in [-0.3, -0.25) is 0 Å². The van der Waals surface area contributed by atoms with Crippen LogP contribution in [-0.4, -0.2) is 18.2 Å². The first kappa shape index (κ1) is 18.0. The summed E-state index contributed by atoms with van der Waals surface area (Å²) in [5.74, 6) is 0.561. The molecular formula is C23H24O3. The van der Waals surface area contributed by atoms with Crippen LogP contribution in [0.15, 0.2) is 66.7 Å². The van der Waals surface area contributed by atoms with E-state index in [0.29, 0.717) is 12.0 Å². The van der Waals surface area contributed by atoms with Crippen LogP contribution >= 0.6 is 0 Å². The Morgan fingerprint density at radius 2 is 1.50 bits per heavy atom. The summed E-state index contributed by atoms with van der Waals surface area (Å²) in [6.07, 6.45) is 0.329. The zero-order chi connectivity index (χ0) is 18.5. The van der Waals surface area contributed by atoms with Gasteiger partial charge in [0.1, 0.15) is 11.9 Å². The molecule has 3 aromatic rings. The van der Waals surface area contributed by atoms with Gasteiger partial charge >= 0.3 is 5.97 Å². The van der Waals surface area contributed by atoms with E-state index in [4.69, 9.17) is 9.47 Å². The number of aryl methyl sites for hydroxylation is 1. The van der Waals surface area contributed by atoms with Gasteiger partial charge in [0.05, 0.1) is 11.7 Å². The molecule has 0 aliphatic heterocycles. The highest BCUT2D eigenvalue weighted by Crippen LogP contribution is 2.29. The number of esters is 1. The third kappa shape index (κ3) is 4.23. The number of carbonyl (C=O) groups excluding carboxylic acids is 1. The Morgan fingerprint density at radius 3 is 2.23 bits per heavy atom. The van der Waals surface area contributed by atoms with E-state index >= 15 is 0 Å². The van der Waals surface area contributed by atoms with Crippen molar-refractivity contribution in [1.82, 2.24) is 0 Å². The van der Waals surface area contributed by atoms with Crippen molar-refractivity contribution in [3.63, 3.8) is 0 Å². The first-order valence-electron chi connectivity index (χ1n) is 8.95. The standard InChI is InChI=1S/C23H24O3/c1-16-13-14-22(21-12-8-7-11-20(16)21)25-17(2)15-18(3)26-23(24)19-9-5-4-6-10-19/h4-14,17-18H,15H2,1-3H3/t17-,18+/m0/s1. The minimum absolute atomic E-state index is 0.0697. The van der Waals surface area contributed by atoms with Crippen molar-refractivity contribution in [3.05, 3.63) is 77.9 Å². The van der Waals surface area contributed by atoms with E-state index in [0.717, 1.165) is 11.1 Å². The molecule has 3 aromatic carbocycles. The Morgan fingerprint density at radius 1 is 0.846 bits per heavy atom. The molecule has 0 aliphatic rings. The molecule has 3 rings (SSSR count). The summed E-state index contributed by atoms with van der Waals surface area (Å²) in [6, 6.07) is 21.4. The van der Waals surface area contributed by atoms with Gasteiger partial charge in [0.15, 0.2) is 0 Å². The van der Waals surface area contributed by atoms with E-state index < -0.39 is 0 Å². The van der Waals surface area contributed by atoms with Gasteiger partial charge in [0.25, 0.3) is 0 Å². The van der Waals surface area contributed by atoms with Gasteiger partial charge in [0.2, 0.25) is 0 Å². The summed E-state index contributed by atoms with van der Waals surface area (Å²) in [4.78, 5) is 12.1. The van der Waals surface area contributed by atoms with Crippen LogP contribution in [0.4, 0.5) is 0 Å². The van der Waals surface area contributed by atoms with Crippen LogP contribution in [0.3, 0.4) is 0 Å². The molecule has 0 saturated heterocycles. The highest BCUT2D eigenvalue weighted by atomic mass is 16.5. The van der Waals surface area contributed by atoms with Crippen LogP contribution in [-0.2, 0) is 4.74 Å². The minimum atomic E-state index is -0.300. The fourth-order valence-electron chi connectivity index (χ4n) is 3.13. The van der Waals surface area contributed by atoms with E-state index in [1.54, 1.807) is 12.1 Å². The first-order valence-corrected chi connectivity index (χ1v) is 8.95. The maximum Gasteiger partial charge on any atom is 0.338 e. The normalized spacial score (nSPS) is 13.2. The lowest BCUT2D eigenvalue weighted by Gasteiger charge is -2.20. The van der Waals surface area contributed by atoms with Gasteiger partial charge in [-0.05, 0) is 49.9 Å². The predicted octanol–water partition coefficient (Wildman–Crippen LogP) is 5.55. The van der Waals surface area contributed by atoms with Crippen molar-refractivity contribution in [2.24, 2.45) is 0 Å². The molecule has 0 aliphatic carbocycles. The average Bonchev–Trinajstić information content (AvgIpc) is 2.65. The fraction of sp³-hybridized carbons (Fsp3) is 0.261. The molecule has 0 spiro atoms. The second-order valence-electron chi connectivity index (χ2n) is 6.67. The molecule has 0 amide bonds. The molecule has 134 valence electrons. The van der Waals surface area contributed by atoms with E-state index in [-0.39, 0.29) is 18.2 Å². The van der Waals surface area contributed by atoms with Crippen molar-refractivity contribution in [2.75, 3.05) is 0 Å². The predicted molar refractivity (Wildman–Crippen MR) is 105 cm³/mol. The number of rotatable bonds is 6. The summed E-state index contributed by atoms with van der Waals surface area (Å²) >= 11 is 0. The van der Waals surface area contributed by atoms with Crippen LogP contribution in [0.5, 0.6) is 5.75 Å². The van der Waals surface area contributed by atoms with Crippen LogP contribution < -0.4 is 4.74 Å². The van der Waals surface area contributed by atoms with Gasteiger partial charge in [-0.15, -0.1) is 0 Å². The number of carbonyl (C=O) groups is 1. The summed E-state index contributed by atoms with van der Waals surface area (Å²) in [7, 11) is 0. The van der Waals surface area contributed by atoms with E-state index in [1.165, 1.54) is 10.9 Å². The average molecular weight is 348 g/mol. The smallest absolute Gasteiger partial charge is 0.338 e. The lowest BCUT2D eigenvalue weighted by Crippen LogP contribution is -2.23. The lowest BCUT2D eigenvalue weighted by molar-refractivity contribution is 0.0244. The van der Waals surface area contributed by atoms with E-state index in [2.05, 4.69) is 25.1 Å². The van der Waals surface area contributed by atoms with Crippen molar-refractivity contribution < 1.29 is 14.3 Å². The molecule has 0 unspecified atom stereocenters. The third-order valence-corrected chi connectivity index (χ3v) is 4.41. The summed E-state index contributed by atoms with van der Waals surface area (Å²) in [5.41, 5.74) is 1.79. The molecule has 3 heteroatoms. The third-order valence-electron chi connectivity index (χ3n) is 4.41. The molecule has 0 N–H and O–H groups in total. The maximum absolute atomic E-state index is 12.1. The maximum atomic E-state index is 12.1. The number of fused-ring (bicyclic) bond motifs is 1. The lowest BCUT2D eigenvalue weighted by atomic mass is 10.0. The highest BCUT2D eigenvalue weighted by molar-refractivity contribution is 5.91. The summed E-state index contributed by atoms with van der Waals surface area (Å²) in [5, 5.41) is 2.30. The van der Waals surface area contributed by atoms with Crippen molar-refractivity contribution in [2.45, 2.75) is 39.4 Å². The van der Waals surface area contributed by atoms with Gasteiger partial charge in [-0.2, -0.15) is 0 Å². The zero-order valence-corrected chi connectivity index (χ0v) is 15.4. The highest BCUT2D eigenvalue weighted by Gasteiger charge is 2.16. The second kappa shape index (κ2) is 8.05. The molecule has 26 heavy (non-hydrogen) atoms. The fourth-order valence-corrected chi connectivity index (χ4v) is 3.13. The quantitative estimate of drug-likeness (QED) is 0.548. The molecule has 2 atom stereocenters. The van der Waals surface area contributed by atoms with Crippen molar-refractivity contribution in [3.8, 4) is 5.75 Å². The number of hydrogen-bond donors (Lipinski definition) is 0. The molecule has 0 fully saturated rings. The Balaban J connectivity index is 1.63. The summed E-state index contributed by atoms with van der Waals surface area (Å²) in [6.45, 7) is 6.00. The van der Waals surface area contributed by atoms with Crippen LogP contribution in [0.1, 0.15) is 36.2 Å². The summed E-state index contributed by atoms with van der Waals surface area (Å²) < 4.78 is 11.7. The van der Waals surface area contributed by atoms with Crippen LogP contribution in [0, 0.1) is 6.92 Å².